The van der Waals surface area contributed by atoms with Crippen LogP contribution in [0.1, 0.15) is 16.3 Å². The van der Waals surface area contributed by atoms with Crippen LogP contribution in [0.3, 0.4) is 0 Å². The maximum absolute atomic E-state index is 11.0. The van der Waals surface area contributed by atoms with E-state index in [4.69, 9.17) is 14.9 Å². The Balaban J connectivity index is 1.69. The molecule has 0 aliphatic carbocycles. The van der Waals surface area contributed by atoms with Gasteiger partial charge in [-0.05, 0) is 24.3 Å². The predicted molar refractivity (Wildman–Crippen MR) is 87.4 cm³/mol. The van der Waals surface area contributed by atoms with Gasteiger partial charge in [0.2, 0.25) is 0 Å². The first-order chi connectivity index (χ1) is 11.2. The molecule has 7 heteroatoms. The highest BCUT2D eigenvalue weighted by atomic mass is 16.5. The molecule has 1 aromatic heterocycles. The standard InChI is InChI=1S/C16H20N4O3/c1-18-16(19-9-10-22-12-5-3-2-4-6-12)20-11-13-7-8-14(23-13)15(17)21/h2-8H,9-11H2,1H3,(H2,17,21)(H2,18,19,20). The molecule has 7 nitrogen and oxygen atoms in total. The first kappa shape index (κ1) is 16.4. The van der Waals surface area contributed by atoms with Gasteiger partial charge in [-0.15, -0.1) is 0 Å². The number of nitrogens with zero attached hydrogens (tertiary/aromatic N) is 1. The maximum Gasteiger partial charge on any atom is 0.284 e. The number of carbonyl (C=O) groups excluding carboxylic acids is 1. The molecule has 0 unspecified atom stereocenters. The van der Waals surface area contributed by atoms with Crippen molar-refractivity contribution in [2.75, 3.05) is 20.2 Å². The number of ether oxygens (including phenoxy) is 1. The number of rotatable bonds is 7. The van der Waals surface area contributed by atoms with Gasteiger partial charge in [-0.1, -0.05) is 18.2 Å². The third-order valence-electron chi connectivity index (χ3n) is 2.96. The second kappa shape index (κ2) is 8.47. The summed E-state index contributed by atoms with van der Waals surface area (Å²) in [5.74, 6) is 1.59. The van der Waals surface area contributed by atoms with Gasteiger partial charge in [-0.3, -0.25) is 9.79 Å². The number of nitrogens with one attached hydrogen (secondary N) is 2. The summed E-state index contributed by atoms with van der Waals surface area (Å²) in [6, 6.07) is 12.8. The highest BCUT2D eigenvalue weighted by Gasteiger charge is 2.07. The summed E-state index contributed by atoms with van der Waals surface area (Å²) in [6.45, 7) is 1.50. The number of amides is 1. The number of hydrogen-bond donors (Lipinski definition) is 3. The Bertz CT molecular complexity index is 652. The molecule has 2 rings (SSSR count). The molecule has 0 aliphatic heterocycles. The third-order valence-corrected chi connectivity index (χ3v) is 2.96. The van der Waals surface area contributed by atoms with E-state index in [2.05, 4.69) is 15.6 Å². The van der Waals surface area contributed by atoms with E-state index in [0.29, 0.717) is 31.4 Å². The fourth-order valence-corrected chi connectivity index (χ4v) is 1.85. The molecule has 0 spiro atoms. The number of hydrogen-bond acceptors (Lipinski definition) is 4. The molecule has 1 aromatic carbocycles. The summed E-state index contributed by atoms with van der Waals surface area (Å²) in [7, 11) is 1.67. The van der Waals surface area contributed by atoms with Crippen LogP contribution in [0.4, 0.5) is 0 Å². The molecule has 0 radical (unpaired) electrons. The van der Waals surface area contributed by atoms with Gasteiger partial charge >= 0.3 is 0 Å². The fourth-order valence-electron chi connectivity index (χ4n) is 1.85. The van der Waals surface area contributed by atoms with Gasteiger partial charge in [0.15, 0.2) is 11.7 Å². The van der Waals surface area contributed by atoms with Gasteiger partial charge in [-0.25, -0.2) is 0 Å². The van der Waals surface area contributed by atoms with E-state index in [-0.39, 0.29) is 5.76 Å². The summed E-state index contributed by atoms with van der Waals surface area (Å²) in [6.07, 6.45) is 0. The molecule has 0 fully saturated rings. The summed E-state index contributed by atoms with van der Waals surface area (Å²) in [5.41, 5.74) is 5.14. The van der Waals surface area contributed by atoms with Gasteiger partial charge in [0.1, 0.15) is 18.1 Å². The lowest BCUT2D eigenvalue weighted by molar-refractivity contribution is 0.0972. The number of aliphatic imine (C=N–C) groups is 1. The Morgan fingerprint density at radius 1 is 1.22 bits per heavy atom. The monoisotopic (exact) mass is 316 g/mol. The molecular formula is C16H20N4O3. The van der Waals surface area contributed by atoms with Crippen LogP contribution in [-0.4, -0.2) is 32.1 Å². The maximum atomic E-state index is 11.0. The molecule has 0 bridgehead atoms. The average Bonchev–Trinajstić information content (AvgIpc) is 3.04. The Hall–Kier alpha value is -2.96. The zero-order valence-corrected chi connectivity index (χ0v) is 12.9. The lowest BCUT2D eigenvalue weighted by Crippen LogP contribution is -2.38. The molecule has 122 valence electrons. The van der Waals surface area contributed by atoms with Crippen molar-refractivity contribution in [1.82, 2.24) is 10.6 Å². The molecule has 0 saturated heterocycles. The van der Waals surface area contributed by atoms with E-state index >= 15 is 0 Å². The number of guanidine groups is 1. The molecule has 23 heavy (non-hydrogen) atoms. The second-order valence-electron chi connectivity index (χ2n) is 4.64. The van der Waals surface area contributed by atoms with Gasteiger partial charge in [0, 0.05) is 7.05 Å². The first-order valence-corrected chi connectivity index (χ1v) is 7.20. The number of furan rings is 1. The third kappa shape index (κ3) is 5.39. The van der Waals surface area contributed by atoms with Crippen molar-refractivity contribution in [3.63, 3.8) is 0 Å². The minimum Gasteiger partial charge on any atom is -0.492 e. The SMILES string of the molecule is CN=C(NCCOc1ccccc1)NCc1ccc(C(N)=O)o1. The largest absolute Gasteiger partial charge is 0.492 e. The number of benzene rings is 1. The minimum atomic E-state index is -0.586. The van der Waals surface area contributed by atoms with Crippen LogP contribution in [0.15, 0.2) is 51.9 Å². The fraction of sp³-hybridized carbons (Fsp3) is 0.250. The Morgan fingerprint density at radius 2 is 2.00 bits per heavy atom. The Labute approximate surface area is 134 Å². The molecule has 0 aliphatic rings. The van der Waals surface area contributed by atoms with Crippen molar-refractivity contribution in [1.29, 1.82) is 0 Å². The van der Waals surface area contributed by atoms with Gasteiger partial charge in [0.05, 0.1) is 13.1 Å². The van der Waals surface area contributed by atoms with Crippen molar-refractivity contribution in [3.05, 3.63) is 54.0 Å². The molecule has 2 aromatic rings. The minimum absolute atomic E-state index is 0.140. The van der Waals surface area contributed by atoms with E-state index in [1.165, 1.54) is 0 Å². The van der Waals surface area contributed by atoms with Crippen LogP contribution in [0.25, 0.3) is 0 Å². The van der Waals surface area contributed by atoms with Crippen molar-refractivity contribution in [2.24, 2.45) is 10.7 Å². The smallest absolute Gasteiger partial charge is 0.284 e. The van der Waals surface area contributed by atoms with Gasteiger partial charge < -0.3 is 25.5 Å². The van der Waals surface area contributed by atoms with Gasteiger partial charge in [-0.2, -0.15) is 0 Å². The highest BCUT2D eigenvalue weighted by molar-refractivity contribution is 5.89. The van der Waals surface area contributed by atoms with Crippen molar-refractivity contribution >= 4 is 11.9 Å². The number of para-hydroxylation sites is 1. The van der Waals surface area contributed by atoms with E-state index in [0.717, 1.165) is 5.75 Å². The average molecular weight is 316 g/mol. The van der Waals surface area contributed by atoms with E-state index in [1.54, 1.807) is 19.2 Å². The van der Waals surface area contributed by atoms with Crippen LogP contribution < -0.4 is 21.1 Å². The molecule has 0 atom stereocenters. The van der Waals surface area contributed by atoms with Crippen LogP contribution in [0.5, 0.6) is 5.75 Å². The molecular weight excluding hydrogens is 296 g/mol. The van der Waals surface area contributed by atoms with E-state index < -0.39 is 5.91 Å². The van der Waals surface area contributed by atoms with Crippen LogP contribution in [-0.2, 0) is 6.54 Å². The summed E-state index contributed by atoms with van der Waals surface area (Å²) in [4.78, 5) is 15.1. The van der Waals surface area contributed by atoms with Gasteiger partial charge in [0.25, 0.3) is 5.91 Å². The Kier molecular flexibility index (Phi) is 6.05. The summed E-state index contributed by atoms with van der Waals surface area (Å²) < 4.78 is 10.9. The predicted octanol–water partition coefficient (Wildman–Crippen LogP) is 1.12. The van der Waals surface area contributed by atoms with E-state index in [9.17, 15) is 4.79 Å². The number of nitrogens with two attached hydrogens (primary N) is 1. The topological polar surface area (TPSA) is 102 Å². The van der Waals surface area contributed by atoms with Crippen molar-refractivity contribution in [2.45, 2.75) is 6.54 Å². The van der Waals surface area contributed by atoms with E-state index in [1.807, 2.05) is 30.3 Å². The second-order valence-corrected chi connectivity index (χ2v) is 4.64. The zero-order valence-electron chi connectivity index (χ0n) is 12.9. The first-order valence-electron chi connectivity index (χ1n) is 7.20. The number of primary amides is 1. The lowest BCUT2D eigenvalue weighted by Gasteiger charge is -2.11. The van der Waals surface area contributed by atoms with Crippen LogP contribution >= 0.6 is 0 Å². The summed E-state index contributed by atoms with van der Waals surface area (Å²) >= 11 is 0. The number of carbonyl (C=O) groups is 1. The normalized spacial score (nSPS) is 11.1. The van der Waals surface area contributed by atoms with Crippen molar-refractivity contribution in [3.8, 4) is 5.75 Å². The van der Waals surface area contributed by atoms with Crippen LogP contribution in [0.2, 0.25) is 0 Å². The molecule has 1 heterocycles. The zero-order chi connectivity index (χ0) is 16.5. The lowest BCUT2D eigenvalue weighted by atomic mass is 10.3. The van der Waals surface area contributed by atoms with Crippen molar-refractivity contribution < 1.29 is 13.9 Å². The quantitative estimate of drug-likeness (QED) is 0.404. The Morgan fingerprint density at radius 3 is 2.65 bits per heavy atom. The van der Waals surface area contributed by atoms with Crippen LogP contribution in [0, 0.1) is 0 Å². The highest BCUT2D eigenvalue weighted by Crippen LogP contribution is 2.07. The summed E-state index contributed by atoms with van der Waals surface area (Å²) in [5, 5.41) is 6.19. The molecule has 0 saturated carbocycles. The molecule has 4 N–H and O–H groups in total. The molecule has 1 amide bonds.